The summed E-state index contributed by atoms with van der Waals surface area (Å²) in [5.74, 6) is 0.215. The first-order chi connectivity index (χ1) is 7.91. The maximum absolute atomic E-state index is 11.0. The van der Waals surface area contributed by atoms with Gasteiger partial charge in [0.1, 0.15) is 5.78 Å². The third-order valence-electron chi connectivity index (χ3n) is 3.08. The Kier molecular flexibility index (Phi) is 4.88. The first-order valence-electron chi connectivity index (χ1n) is 6.13. The van der Waals surface area contributed by atoms with Gasteiger partial charge >= 0.3 is 0 Å². The van der Waals surface area contributed by atoms with E-state index in [0.717, 1.165) is 12.0 Å². The van der Waals surface area contributed by atoms with Gasteiger partial charge in [-0.25, -0.2) is 0 Å². The third kappa shape index (κ3) is 5.14. The average molecular weight is 234 g/mol. The van der Waals surface area contributed by atoms with Crippen LogP contribution in [-0.2, 0) is 4.79 Å². The van der Waals surface area contributed by atoms with Gasteiger partial charge in [0.15, 0.2) is 0 Å². The monoisotopic (exact) mass is 234 g/mol. The van der Waals surface area contributed by atoms with Gasteiger partial charge in [-0.2, -0.15) is 0 Å². The highest BCUT2D eigenvalue weighted by atomic mass is 16.3. The topological polar surface area (TPSA) is 37.3 Å². The van der Waals surface area contributed by atoms with E-state index in [2.05, 4.69) is 13.8 Å². The molecule has 1 rings (SSSR count). The van der Waals surface area contributed by atoms with Crippen LogP contribution in [0.2, 0.25) is 0 Å². The van der Waals surface area contributed by atoms with Gasteiger partial charge in [0, 0.05) is 6.42 Å². The lowest BCUT2D eigenvalue weighted by Crippen LogP contribution is -2.17. The molecule has 0 bridgehead atoms. The van der Waals surface area contributed by atoms with Crippen LogP contribution >= 0.6 is 0 Å². The number of carbonyl (C=O) groups excluding carboxylic acids is 1. The SMILES string of the molecule is CC(=O)CCC(C)(C)CC(O)c1ccccc1. The smallest absolute Gasteiger partial charge is 0.129 e. The highest BCUT2D eigenvalue weighted by molar-refractivity contribution is 5.75. The van der Waals surface area contributed by atoms with Gasteiger partial charge < -0.3 is 9.90 Å². The molecule has 0 radical (unpaired) electrons. The minimum Gasteiger partial charge on any atom is -0.388 e. The quantitative estimate of drug-likeness (QED) is 0.818. The van der Waals surface area contributed by atoms with Crippen LogP contribution < -0.4 is 0 Å². The van der Waals surface area contributed by atoms with Gasteiger partial charge in [0.05, 0.1) is 6.10 Å². The molecule has 0 fully saturated rings. The second-order valence-corrected chi connectivity index (χ2v) is 5.50. The van der Waals surface area contributed by atoms with Crippen molar-refractivity contribution in [1.82, 2.24) is 0 Å². The molecule has 0 aliphatic rings. The van der Waals surface area contributed by atoms with Gasteiger partial charge in [-0.05, 0) is 30.7 Å². The molecule has 0 heterocycles. The van der Waals surface area contributed by atoms with E-state index in [1.165, 1.54) is 0 Å². The summed E-state index contributed by atoms with van der Waals surface area (Å²) in [7, 11) is 0. The number of ketones is 1. The van der Waals surface area contributed by atoms with Gasteiger partial charge in [-0.1, -0.05) is 44.2 Å². The largest absolute Gasteiger partial charge is 0.388 e. The number of aliphatic hydroxyl groups is 1. The molecular formula is C15H22O2. The van der Waals surface area contributed by atoms with Crippen LogP contribution in [0.1, 0.15) is 51.7 Å². The summed E-state index contributed by atoms with van der Waals surface area (Å²) in [4.78, 5) is 11.0. The van der Waals surface area contributed by atoms with Crippen molar-refractivity contribution < 1.29 is 9.90 Å². The number of hydrogen-bond donors (Lipinski definition) is 1. The second kappa shape index (κ2) is 5.97. The van der Waals surface area contributed by atoms with E-state index < -0.39 is 6.10 Å². The fraction of sp³-hybridized carbons (Fsp3) is 0.533. The summed E-state index contributed by atoms with van der Waals surface area (Å²) in [5.41, 5.74) is 0.935. The van der Waals surface area contributed by atoms with Crippen molar-refractivity contribution in [2.75, 3.05) is 0 Å². The first-order valence-corrected chi connectivity index (χ1v) is 6.13. The van der Waals surface area contributed by atoms with E-state index >= 15 is 0 Å². The van der Waals surface area contributed by atoms with Crippen molar-refractivity contribution in [2.45, 2.75) is 46.1 Å². The number of rotatable bonds is 6. The lowest BCUT2D eigenvalue weighted by Gasteiger charge is -2.27. The molecule has 1 aromatic rings. The molecule has 0 amide bonds. The Labute approximate surface area is 104 Å². The molecular weight excluding hydrogens is 212 g/mol. The number of hydrogen-bond acceptors (Lipinski definition) is 2. The van der Waals surface area contributed by atoms with Gasteiger partial charge in [-0.15, -0.1) is 0 Å². The standard InChI is InChI=1S/C15H22O2/c1-12(16)9-10-15(2,3)11-14(17)13-7-5-4-6-8-13/h4-8,14,17H,9-11H2,1-3H3. The fourth-order valence-electron chi connectivity index (χ4n) is 1.93. The maximum atomic E-state index is 11.0. The van der Waals surface area contributed by atoms with Crippen molar-refractivity contribution in [3.05, 3.63) is 35.9 Å². The Bertz CT molecular complexity index is 354. The van der Waals surface area contributed by atoms with Crippen molar-refractivity contribution in [3.8, 4) is 0 Å². The van der Waals surface area contributed by atoms with Crippen molar-refractivity contribution in [3.63, 3.8) is 0 Å². The summed E-state index contributed by atoms with van der Waals surface area (Å²) in [6.07, 6.45) is 1.66. The number of aliphatic hydroxyl groups excluding tert-OH is 1. The first kappa shape index (κ1) is 13.9. The predicted molar refractivity (Wildman–Crippen MR) is 69.7 cm³/mol. The van der Waals surface area contributed by atoms with E-state index in [-0.39, 0.29) is 11.2 Å². The van der Waals surface area contributed by atoms with Crippen LogP contribution in [0.15, 0.2) is 30.3 Å². The zero-order valence-electron chi connectivity index (χ0n) is 10.9. The Morgan fingerprint density at radius 3 is 2.41 bits per heavy atom. The summed E-state index contributed by atoms with van der Waals surface area (Å²) in [6.45, 7) is 5.81. The van der Waals surface area contributed by atoms with Gasteiger partial charge in [0.25, 0.3) is 0 Å². The molecule has 94 valence electrons. The van der Waals surface area contributed by atoms with E-state index in [9.17, 15) is 9.90 Å². The molecule has 1 N–H and O–H groups in total. The van der Waals surface area contributed by atoms with Crippen LogP contribution in [0.25, 0.3) is 0 Å². The van der Waals surface area contributed by atoms with E-state index in [4.69, 9.17) is 0 Å². The summed E-state index contributed by atoms with van der Waals surface area (Å²) in [5, 5.41) is 10.1. The molecule has 2 nitrogen and oxygen atoms in total. The predicted octanol–water partition coefficient (Wildman–Crippen LogP) is 3.51. The molecule has 0 aliphatic carbocycles. The Balaban J connectivity index is 2.55. The highest BCUT2D eigenvalue weighted by Gasteiger charge is 2.23. The molecule has 0 spiro atoms. The third-order valence-corrected chi connectivity index (χ3v) is 3.08. The lowest BCUT2D eigenvalue weighted by atomic mass is 9.80. The van der Waals surface area contributed by atoms with Crippen LogP contribution in [0.4, 0.5) is 0 Å². The maximum Gasteiger partial charge on any atom is 0.129 e. The van der Waals surface area contributed by atoms with E-state index in [0.29, 0.717) is 12.8 Å². The average Bonchev–Trinajstić information content (AvgIpc) is 2.27. The summed E-state index contributed by atoms with van der Waals surface area (Å²) >= 11 is 0. The highest BCUT2D eigenvalue weighted by Crippen LogP contribution is 2.33. The summed E-state index contributed by atoms with van der Waals surface area (Å²) in [6, 6.07) is 9.68. The lowest BCUT2D eigenvalue weighted by molar-refractivity contribution is -0.117. The van der Waals surface area contributed by atoms with Crippen LogP contribution in [-0.4, -0.2) is 10.9 Å². The van der Waals surface area contributed by atoms with E-state index in [1.54, 1.807) is 6.92 Å². The Morgan fingerprint density at radius 1 is 1.29 bits per heavy atom. The van der Waals surface area contributed by atoms with Crippen molar-refractivity contribution in [2.24, 2.45) is 5.41 Å². The number of Topliss-reactive ketones (excluding diaryl/α,β-unsaturated/α-hetero) is 1. The van der Waals surface area contributed by atoms with Gasteiger partial charge in [-0.3, -0.25) is 0 Å². The molecule has 2 heteroatoms. The fourth-order valence-corrected chi connectivity index (χ4v) is 1.93. The number of carbonyl (C=O) groups is 1. The molecule has 1 aromatic carbocycles. The molecule has 17 heavy (non-hydrogen) atoms. The molecule has 1 atom stereocenters. The number of benzene rings is 1. The molecule has 0 saturated heterocycles. The zero-order valence-corrected chi connectivity index (χ0v) is 10.9. The molecule has 0 aromatic heterocycles. The van der Waals surface area contributed by atoms with Crippen molar-refractivity contribution in [1.29, 1.82) is 0 Å². The molecule has 1 unspecified atom stereocenters. The minimum absolute atomic E-state index is 0.0130. The van der Waals surface area contributed by atoms with Crippen LogP contribution in [0.5, 0.6) is 0 Å². The van der Waals surface area contributed by atoms with E-state index in [1.807, 2.05) is 30.3 Å². The van der Waals surface area contributed by atoms with Gasteiger partial charge in [0.2, 0.25) is 0 Å². The summed E-state index contributed by atoms with van der Waals surface area (Å²) < 4.78 is 0. The molecule has 0 saturated carbocycles. The molecule has 0 aliphatic heterocycles. The van der Waals surface area contributed by atoms with Crippen molar-refractivity contribution >= 4 is 5.78 Å². The second-order valence-electron chi connectivity index (χ2n) is 5.50. The van der Waals surface area contributed by atoms with Crippen LogP contribution in [0, 0.1) is 5.41 Å². The minimum atomic E-state index is -0.446. The zero-order chi connectivity index (χ0) is 12.9. The Hall–Kier alpha value is -1.15. The Morgan fingerprint density at radius 2 is 1.88 bits per heavy atom. The normalized spacial score (nSPS) is 13.4. The van der Waals surface area contributed by atoms with Crippen LogP contribution in [0.3, 0.4) is 0 Å².